The summed E-state index contributed by atoms with van der Waals surface area (Å²) in [6.45, 7) is 4.99. The van der Waals surface area contributed by atoms with Crippen LogP contribution in [0.2, 0.25) is 10.0 Å². The van der Waals surface area contributed by atoms with E-state index >= 15 is 0 Å². The second-order valence-corrected chi connectivity index (χ2v) is 6.33. The Balaban J connectivity index is 2.15. The second kappa shape index (κ2) is 6.33. The number of carbonyl (C=O) groups is 1. The lowest BCUT2D eigenvalue weighted by atomic mass is 10.0. The van der Waals surface area contributed by atoms with Crippen molar-refractivity contribution in [3.05, 3.63) is 33.8 Å². The van der Waals surface area contributed by atoms with Gasteiger partial charge in [0.05, 0.1) is 12.1 Å². The van der Waals surface area contributed by atoms with Crippen molar-refractivity contribution in [2.24, 2.45) is 5.92 Å². The molecule has 3 atom stereocenters. The number of carbonyl (C=O) groups excluding carboxylic acids is 1. The van der Waals surface area contributed by atoms with Crippen molar-refractivity contribution in [2.45, 2.75) is 32.4 Å². The monoisotopic (exact) mass is 314 g/mol. The summed E-state index contributed by atoms with van der Waals surface area (Å²) in [7, 11) is 1.82. The van der Waals surface area contributed by atoms with E-state index in [0.29, 0.717) is 16.0 Å². The molecule has 110 valence electrons. The van der Waals surface area contributed by atoms with Gasteiger partial charge in [-0.15, -0.1) is 0 Å². The van der Waals surface area contributed by atoms with E-state index in [-0.39, 0.29) is 18.0 Å². The molecule has 20 heavy (non-hydrogen) atoms. The Morgan fingerprint density at radius 1 is 1.45 bits per heavy atom. The maximum absolute atomic E-state index is 12.5. The first-order valence-corrected chi connectivity index (χ1v) is 7.62. The van der Waals surface area contributed by atoms with Crippen molar-refractivity contribution in [3.8, 4) is 0 Å². The Morgan fingerprint density at radius 3 is 2.70 bits per heavy atom. The van der Waals surface area contributed by atoms with Crippen LogP contribution in [0.1, 0.15) is 31.9 Å². The Bertz CT molecular complexity index is 507. The Labute approximate surface area is 130 Å². The molecule has 3 nitrogen and oxygen atoms in total. The molecule has 1 aromatic carbocycles. The summed E-state index contributed by atoms with van der Waals surface area (Å²) >= 11 is 12.1. The summed E-state index contributed by atoms with van der Waals surface area (Å²) in [6, 6.07) is 5.22. The number of hydrogen-bond donors (Lipinski definition) is 1. The fourth-order valence-electron chi connectivity index (χ4n) is 2.62. The Morgan fingerprint density at radius 2 is 2.15 bits per heavy atom. The first kappa shape index (κ1) is 15.6. The first-order chi connectivity index (χ1) is 9.41. The summed E-state index contributed by atoms with van der Waals surface area (Å²) in [5.74, 6) is 0.492. The molecule has 2 rings (SSSR count). The fraction of sp³-hybridized carbons (Fsp3) is 0.533. The Kier molecular flexibility index (Phi) is 4.95. The van der Waals surface area contributed by atoms with E-state index in [1.165, 1.54) is 0 Å². The van der Waals surface area contributed by atoms with Gasteiger partial charge in [0.25, 0.3) is 0 Å². The average Bonchev–Trinajstić information content (AvgIpc) is 2.82. The summed E-state index contributed by atoms with van der Waals surface area (Å²) in [4.78, 5) is 14.3. The molecule has 5 heteroatoms. The smallest absolute Gasteiger partial charge is 0.240 e. The standard InChI is InChI=1S/C15H20Cl2N2O/c1-9-6-7-18-14(9)15(20)19(3)10(2)12-5-4-11(16)8-13(12)17/h4-5,8-10,14,18H,6-7H2,1-3H3. The highest BCUT2D eigenvalue weighted by Crippen LogP contribution is 2.30. The van der Waals surface area contributed by atoms with Crippen molar-refractivity contribution in [1.82, 2.24) is 10.2 Å². The van der Waals surface area contributed by atoms with E-state index < -0.39 is 0 Å². The topological polar surface area (TPSA) is 32.3 Å². The molecule has 1 saturated heterocycles. The highest BCUT2D eigenvalue weighted by atomic mass is 35.5. The predicted molar refractivity (Wildman–Crippen MR) is 83.2 cm³/mol. The SMILES string of the molecule is CC1CCNC1C(=O)N(C)C(C)c1ccc(Cl)cc1Cl. The maximum Gasteiger partial charge on any atom is 0.240 e. The molecule has 1 aliphatic rings. The van der Waals surface area contributed by atoms with Crippen LogP contribution in [-0.2, 0) is 4.79 Å². The van der Waals surface area contributed by atoms with E-state index in [4.69, 9.17) is 23.2 Å². The third kappa shape index (κ3) is 3.11. The molecule has 1 fully saturated rings. The van der Waals surface area contributed by atoms with Crippen LogP contribution in [0.15, 0.2) is 18.2 Å². The van der Waals surface area contributed by atoms with Crippen molar-refractivity contribution in [3.63, 3.8) is 0 Å². The van der Waals surface area contributed by atoms with Crippen LogP contribution in [-0.4, -0.2) is 30.4 Å². The van der Waals surface area contributed by atoms with Gasteiger partial charge in [-0.2, -0.15) is 0 Å². The van der Waals surface area contributed by atoms with E-state index in [0.717, 1.165) is 18.5 Å². The summed E-state index contributed by atoms with van der Waals surface area (Å²) < 4.78 is 0. The molecule has 1 aliphatic heterocycles. The van der Waals surface area contributed by atoms with Crippen LogP contribution in [0.25, 0.3) is 0 Å². The van der Waals surface area contributed by atoms with E-state index in [9.17, 15) is 4.79 Å². The van der Waals surface area contributed by atoms with Gasteiger partial charge in [-0.3, -0.25) is 4.79 Å². The van der Waals surface area contributed by atoms with Gasteiger partial charge in [0.15, 0.2) is 0 Å². The number of nitrogens with zero attached hydrogens (tertiary/aromatic N) is 1. The Hall–Kier alpha value is -0.770. The average molecular weight is 315 g/mol. The van der Waals surface area contributed by atoms with Gasteiger partial charge in [0.2, 0.25) is 5.91 Å². The molecule has 1 amide bonds. The number of halogens is 2. The van der Waals surface area contributed by atoms with Gasteiger partial charge in [-0.25, -0.2) is 0 Å². The normalized spacial score (nSPS) is 23.6. The number of hydrogen-bond acceptors (Lipinski definition) is 2. The van der Waals surface area contributed by atoms with E-state index in [2.05, 4.69) is 12.2 Å². The third-order valence-corrected chi connectivity index (χ3v) is 4.70. The van der Waals surface area contributed by atoms with Crippen LogP contribution >= 0.6 is 23.2 Å². The minimum absolute atomic E-state index is 0.0816. The number of benzene rings is 1. The van der Waals surface area contributed by atoms with Crippen molar-refractivity contribution in [2.75, 3.05) is 13.6 Å². The maximum atomic E-state index is 12.5. The van der Waals surface area contributed by atoms with Crippen LogP contribution in [0.3, 0.4) is 0 Å². The van der Waals surface area contributed by atoms with E-state index in [1.807, 2.05) is 20.0 Å². The molecular formula is C15H20Cl2N2O. The molecule has 0 saturated carbocycles. The molecule has 0 bridgehead atoms. The summed E-state index contributed by atoms with van der Waals surface area (Å²) in [6.07, 6.45) is 1.04. The lowest BCUT2D eigenvalue weighted by molar-refractivity contribution is -0.134. The molecule has 0 aromatic heterocycles. The second-order valence-electron chi connectivity index (χ2n) is 5.49. The number of rotatable bonds is 3. The molecule has 0 radical (unpaired) electrons. The van der Waals surface area contributed by atoms with Crippen LogP contribution in [0, 0.1) is 5.92 Å². The zero-order valence-electron chi connectivity index (χ0n) is 12.0. The van der Waals surface area contributed by atoms with Gasteiger partial charge < -0.3 is 10.2 Å². The first-order valence-electron chi connectivity index (χ1n) is 6.87. The van der Waals surface area contributed by atoms with Crippen LogP contribution < -0.4 is 5.32 Å². The molecule has 0 aliphatic carbocycles. The minimum atomic E-state index is -0.0893. The zero-order valence-corrected chi connectivity index (χ0v) is 13.5. The van der Waals surface area contributed by atoms with Gasteiger partial charge >= 0.3 is 0 Å². The van der Waals surface area contributed by atoms with Gasteiger partial charge in [-0.1, -0.05) is 36.2 Å². The molecule has 1 aromatic rings. The van der Waals surface area contributed by atoms with Gasteiger partial charge in [0, 0.05) is 17.1 Å². The van der Waals surface area contributed by atoms with E-state index in [1.54, 1.807) is 17.0 Å². The van der Waals surface area contributed by atoms with Crippen molar-refractivity contribution >= 4 is 29.1 Å². The molecule has 1 N–H and O–H groups in total. The number of likely N-dealkylation sites (N-methyl/N-ethyl adjacent to an activating group) is 1. The van der Waals surface area contributed by atoms with Gasteiger partial charge in [0.1, 0.15) is 0 Å². The highest BCUT2D eigenvalue weighted by molar-refractivity contribution is 6.35. The molecule has 1 heterocycles. The fourth-order valence-corrected chi connectivity index (χ4v) is 3.19. The summed E-state index contributed by atoms with van der Waals surface area (Å²) in [5, 5.41) is 4.47. The number of nitrogens with one attached hydrogen (secondary N) is 1. The lowest BCUT2D eigenvalue weighted by Gasteiger charge is -2.30. The molecular weight excluding hydrogens is 295 g/mol. The van der Waals surface area contributed by atoms with Crippen LogP contribution in [0.4, 0.5) is 0 Å². The largest absolute Gasteiger partial charge is 0.338 e. The molecule has 0 spiro atoms. The lowest BCUT2D eigenvalue weighted by Crippen LogP contribution is -2.45. The van der Waals surface area contributed by atoms with Crippen molar-refractivity contribution < 1.29 is 4.79 Å². The van der Waals surface area contributed by atoms with Crippen LogP contribution in [0.5, 0.6) is 0 Å². The van der Waals surface area contributed by atoms with Gasteiger partial charge in [-0.05, 0) is 43.5 Å². The number of amides is 1. The third-order valence-electron chi connectivity index (χ3n) is 4.14. The highest BCUT2D eigenvalue weighted by Gasteiger charge is 2.33. The van der Waals surface area contributed by atoms with Crippen molar-refractivity contribution in [1.29, 1.82) is 0 Å². The summed E-state index contributed by atoms with van der Waals surface area (Å²) in [5.41, 5.74) is 0.914. The minimum Gasteiger partial charge on any atom is -0.338 e. The predicted octanol–water partition coefficient (Wildman–Crippen LogP) is 3.51. The molecule has 3 unspecified atom stereocenters. The zero-order chi connectivity index (χ0) is 14.9. The quantitative estimate of drug-likeness (QED) is 0.926.